The predicted molar refractivity (Wildman–Crippen MR) is 91.6 cm³/mol. The first-order chi connectivity index (χ1) is 11.5. The minimum absolute atomic E-state index is 0.120. The van der Waals surface area contributed by atoms with Gasteiger partial charge in [0, 0.05) is 7.05 Å². The van der Waals surface area contributed by atoms with Crippen LogP contribution in [0.15, 0.2) is 58.7 Å². The highest BCUT2D eigenvalue weighted by molar-refractivity contribution is 7.16. The van der Waals surface area contributed by atoms with Crippen LogP contribution in [0.3, 0.4) is 0 Å². The minimum atomic E-state index is -2.83. The van der Waals surface area contributed by atoms with E-state index in [0.717, 1.165) is 20.6 Å². The van der Waals surface area contributed by atoms with Crippen molar-refractivity contribution in [3.8, 4) is 5.75 Å². The van der Waals surface area contributed by atoms with Crippen molar-refractivity contribution in [3.05, 3.63) is 58.9 Å². The van der Waals surface area contributed by atoms with Crippen LogP contribution in [0.2, 0.25) is 0 Å². The zero-order valence-electron chi connectivity index (χ0n) is 13.1. The van der Waals surface area contributed by atoms with Gasteiger partial charge in [0.1, 0.15) is 5.75 Å². The molecule has 7 heteroatoms. The van der Waals surface area contributed by atoms with Crippen molar-refractivity contribution in [2.45, 2.75) is 13.5 Å². The van der Waals surface area contributed by atoms with Gasteiger partial charge in [-0.15, -0.1) is 5.10 Å². The standard InChI is InChI=1S/C17H15F2N3OS/c1-11(12-7-9-13(10-8-12)23-16(18)19)20-21-17-22(2)14-5-3-4-6-15(14)24-17/h3-10,16H,1-2H3. The molecule has 0 amide bonds. The number of aromatic nitrogens is 1. The van der Waals surface area contributed by atoms with Gasteiger partial charge in [0.2, 0.25) is 4.80 Å². The summed E-state index contributed by atoms with van der Waals surface area (Å²) in [4.78, 5) is 0.785. The molecule has 124 valence electrons. The second-order valence-electron chi connectivity index (χ2n) is 5.10. The molecule has 2 aromatic carbocycles. The topological polar surface area (TPSA) is 38.9 Å². The average Bonchev–Trinajstić information content (AvgIpc) is 2.89. The van der Waals surface area contributed by atoms with Crippen molar-refractivity contribution < 1.29 is 13.5 Å². The average molecular weight is 347 g/mol. The first-order valence-electron chi connectivity index (χ1n) is 7.22. The van der Waals surface area contributed by atoms with Crippen molar-refractivity contribution >= 4 is 27.3 Å². The Hall–Kier alpha value is -2.54. The minimum Gasteiger partial charge on any atom is -0.435 e. The summed E-state index contributed by atoms with van der Waals surface area (Å²) in [6.45, 7) is -1.01. The van der Waals surface area contributed by atoms with Gasteiger partial charge in [0.05, 0.1) is 15.9 Å². The van der Waals surface area contributed by atoms with Gasteiger partial charge < -0.3 is 9.30 Å². The lowest BCUT2D eigenvalue weighted by Crippen LogP contribution is -2.09. The first-order valence-corrected chi connectivity index (χ1v) is 8.04. The summed E-state index contributed by atoms with van der Waals surface area (Å²) in [7, 11) is 1.94. The Bertz CT molecular complexity index is 942. The molecule has 0 spiro atoms. The second-order valence-corrected chi connectivity index (χ2v) is 6.11. The van der Waals surface area contributed by atoms with Crippen LogP contribution < -0.4 is 9.54 Å². The molecular formula is C17H15F2N3OS. The number of fused-ring (bicyclic) bond motifs is 1. The fourth-order valence-electron chi connectivity index (χ4n) is 2.23. The number of alkyl halides is 2. The molecule has 24 heavy (non-hydrogen) atoms. The molecular weight excluding hydrogens is 332 g/mol. The van der Waals surface area contributed by atoms with Gasteiger partial charge in [-0.05, 0) is 48.9 Å². The number of benzene rings is 2. The smallest absolute Gasteiger partial charge is 0.387 e. The molecule has 0 aliphatic carbocycles. The van der Waals surface area contributed by atoms with Crippen LogP contribution in [-0.4, -0.2) is 16.9 Å². The van der Waals surface area contributed by atoms with Crippen molar-refractivity contribution in [1.82, 2.24) is 4.57 Å². The quantitative estimate of drug-likeness (QED) is 0.516. The Balaban J connectivity index is 1.88. The monoisotopic (exact) mass is 347 g/mol. The Labute approximate surface area is 141 Å². The molecule has 1 heterocycles. The highest BCUT2D eigenvalue weighted by atomic mass is 32.1. The molecule has 0 unspecified atom stereocenters. The van der Waals surface area contributed by atoms with Gasteiger partial charge in [0.25, 0.3) is 0 Å². The summed E-state index contributed by atoms with van der Waals surface area (Å²) in [6, 6.07) is 14.4. The molecule has 1 aromatic heterocycles. The summed E-state index contributed by atoms with van der Waals surface area (Å²) < 4.78 is 31.8. The molecule has 0 saturated heterocycles. The van der Waals surface area contributed by atoms with Gasteiger partial charge in [-0.25, -0.2) is 0 Å². The number of hydrogen-bond donors (Lipinski definition) is 0. The van der Waals surface area contributed by atoms with Gasteiger partial charge >= 0.3 is 6.61 Å². The highest BCUT2D eigenvalue weighted by Crippen LogP contribution is 2.16. The molecule has 0 N–H and O–H groups in total. The summed E-state index contributed by atoms with van der Waals surface area (Å²) >= 11 is 1.56. The Morgan fingerprint density at radius 1 is 1.12 bits per heavy atom. The lowest BCUT2D eigenvalue weighted by atomic mass is 10.1. The fourth-order valence-corrected chi connectivity index (χ4v) is 3.20. The van der Waals surface area contributed by atoms with Crippen LogP contribution in [-0.2, 0) is 7.05 Å². The Morgan fingerprint density at radius 3 is 2.50 bits per heavy atom. The number of para-hydroxylation sites is 1. The number of aryl methyl sites for hydroxylation is 1. The van der Waals surface area contributed by atoms with E-state index < -0.39 is 6.61 Å². The summed E-state index contributed by atoms with van der Waals surface area (Å²) in [5, 5.41) is 8.56. The van der Waals surface area contributed by atoms with E-state index in [1.54, 1.807) is 23.5 Å². The van der Waals surface area contributed by atoms with E-state index in [2.05, 4.69) is 14.9 Å². The largest absolute Gasteiger partial charge is 0.435 e. The van der Waals surface area contributed by atoms with E-state index in [1.165, 1.54) is 12.1 Å². The summed E-state index contributed by atoms with van der Waals surface area (Å²) in [6.07, 6.45) is 0. The molecule has 4 nitrogen and oxygen atoms in total. The molecule has 3 rings (SSSR count). The van der Waals surface area contributed by atoms with E-state index in [4.69, 9.17) is 0 Å². The summed E-state index contributed by atoms with van der Waals surface area (Å²) in [5.41, 5.74) is 2.59. The summed E-state index contributed by atoms with van der Waals surface area (Å²) in [5.74, 6) is 0.120. The molecule has 0 radical (unpaired) electrons. The Kier molecular flexibility index (Phi) is 4.71. The van der Waals surface area contributed by atoms with E-state index in [0.29, 0.717) is 5.71 Å². The molecule has 0 aliphatic heterocycles. The SMILES string of the molecule is CC(=NN=c1sc2ccccc2n1C)c1ccc(OC(F)F)cc1. The highest BCUT2D eigenvalue weighted by Gasteiger charge is 2.05. The van der Waals surface area contributed by atoms with Gasteiger partial charge in [0.15, 0.2) is 0 Å². The molecule has 3 aromatic rings. The number of rotatable bonds is 4. The first kappa shape index (κ1) is 16.3. The van der Waals surface area contributed by atoms with Crippen LogP contribution in [0.4, 0.5) is 8.78 Å². The van der Waals surface area contributed by atoms with E-state index in [-0.39, 0.29) is 5.75 Å². The molecule has 0 fully saturated rings. The van der Waals surface area contributed by atoms with Crippen LogP contribution in [0, 0.1) is 0 Å². The molecule has 0 aliphatic rings. The maximum atomic E-state index is 12.2. The number of halogens is 2. The lowest BCUT2D eigenvalue weighted by molar-refractivity contribution is -0.0498. The molecule has 0 bridgehead atoms. The van der Waals surface area contributed by atoms with Crippen LogP contribution in [0.1, 0.15) is 12.5 Å². The normalized spacial score (nSPS) is 13.0. The van der Waals surface area contributed by atoms with E-state index >= 15 is 0 Å². The molecule has 0 saturated carbocycles. The predicted octanol–water partition coefficient (Wildman–Crippen LogP) is 4.17. The zero-order valence-corrected chi connectivity index (χ0v) is 13.9. The fraction of sp³-hybridized carbons (Fsp3) is 0.176. The lowest BCUT2D eigenvalue weighted by Gasteiger charge is -2.04. The van der Waals surface area contributed by atoms with E-state index in [1.807, 2.05) is 42.8 Å². The van der Waals surface area contributed by atoms with Crippen molar-refractivity contribution in [2.75, 3.05) is 0 Å². The van der Waals surface area contributed by atoms with Crippen LogP contribution in [0.5, 0.6) is 5.75 Å². The van der Waals surface area contributed by atoms with Crippen molar-refractivity contribution in [2.24, 2.45) is 17.3 Å². The molecule has 0 atom stereocenters. The van der Waals surface area contributed by atoms with Gasteiger partial charge in [-0.2, -0.15) is 13.9 Å². The van der Waals surface area contributed by atoms with Crippen molar-refractivity contribution in [3.63, 3.8) is 0 Å². The van der Waals surface area contributed by atoms with Crippen molar-refractivity contribution in [1.29, 1.82) is 0 Å². The maximum absolute atomic E-state index is 12.2. The third-order valence-electron chi connectivity index (χ3n) is 3.50. The third-order valence-corrected chi connectivity index (χ3v) is 4.60. The second kappa shape index (κ2) is 6.92. The zero-order chi connectivity index (χ0) is 17.1. The van der Waals surface area contributed by atoms with Gasteiger partial charge in [-0.3, -0.25) is 0 Å². The number of hydrogen-bond acceptors (Lipinski definition) is 4. The Morgan fingerprint density at radius 2 is 1.83 bits per heavy atom. The van der Waals surface area contributed by atoms with Crippen LogP contribution in [0.25, 0.3) is 10.2 Å². The maximum Gasteiger partial charge on any atom is 0.387 e. The number of thiazole rings is 1. The van der Waals surface area contributed by atoms with Crippen LogP contribution >= 0.6 is 11.3 Å². The van der Waals surface area contributed by atoms with E-state index in [9.17, 15) is 8.78 Å². The number of nitrogens with zero attached hydrogens (tertiary/aromatic N) is 3. The van der Waals surface area contributed by atoms with Gasteiger partial charge in [-0.1, -0.05) is 23.5 Å². The number of ether oxygens (including phenoxy) is 1. The third kappa shape index (κ3) is 3.51.